The standard InChI is InChI=1S/C22H27N5O2S/c1-2-26-16-24-25-21(26)18-14-27(15-22(18)11-4-3-5-12-22)30(28,29)19-10-6-8-17-9-7-13-23-20(17)19/h6-10,13,16,18H,2-5,11-12,14-15H2,1H3. The number of hydrogen-bond donors (Lipinski definition) is 0. The number of sulfonamides is 1. The van der Waals surface area contributed by atoms with Gasteiger partial charge in [-0.15, -0.1) is 10.2 Å². The molecule has 1 saturated carbocycles. The lowest BCUT2D eigenvalue weighted by Crippen LogP contribution is -2.34. The van der Waals surface area contributed by atoms with Gasteiger partial charge in [0.05, 0.1) is 5.52 Å². The molecule has 8 heteroatoms. The predicted molar refractivity (Wildman–Crippen MR) is 114 cm³/mol. The molecule has 5 rings (SSSR count). The molecule has 1 aromatic carbocycles. The van der Waals surface area contributed by atoms with E-state index in [9.17, 15) is 8.42 Å². The number of benzene rings is 1. The quantitative estimate of drug-likeness (QED) is 0.638. The third-order valence-electron chi connectivity index (χ3n) is 6.98. The largest absolute Gasteiger partial charge is 0.318 e. The molecular weight excluding hydrogens is 398 g/mol. The average molecular weight is 426 g/mol. The first-order chi connectivity index (χ1) is 14.5. The maximum Gasteiger partial charge on any atom is 0.245 e. The van der Waals surface area contributed by atoms with E-state index in [4.69, 9.17) is 0 Å². The number of para-hydroxylation sites is 1. The van der Waals surface area contributed by atoms with Crippen LogP contribution in [0.2, 0.25) is 0 Å². The monoisotopic (exact) mass is 425 g/mol. The number of hydrogen-bond acceptors (Lipinski definition) is 5. The van der Waals surface area contributed by atoms with Crippen LogP contribution in [0.5, 0.6) is 0 Å². The zero-order valence-corrected chi connectivity index (χ0v) is 18.1. The Hall–Kier alpha value is -2.32. The van der Waals surface area contributed by atoms with E-state index in [1.165, 1.54) is 6.42 Å². The summed E-state index contributed by atoms with van der Waals surface area (Å²) < 4.78 is 31.3. The molecule has 7 nitrogen and oxygen atoms in total. The molecule has 3 heterocycles. The van der Waals surface area contributed by atoms with Gasteiger partial charge in [0.25, 0.3) is 0 Å². The lowest BCUT2D eigenvalue weighted by Gasteiger charge is -2.37. The molecule has 0 radical (unpaired) electrons. The van der Waals surface area contributed by atoms with Gasteiger partial charge in [0.15, 0.2) is 0 Å². The SMILES string of the molecule is CCn1cnnc1C1CN(S(=O)(=O)c2cccc3cccnc23)CC12CCCCC2. The zero-order chi connectivity index (χ0) is 20.8. The number of aryl methyl sites for hydroxylation is 1. The highest BCUT2D eigenvalue weighted by molar-refractivity contribution is 7.89. The highest BCUT2D eigenvalue weighted by Gasteiger charge is 2.52. The predicted octanol–water partition coefficient (Wildman–Crippen LogP) is 3.58. The summed E-state index contributed by atoms with van der Waals surface area (Å²) in [6.07, 6.45) is 8.98. The summed E-state index contributed by atoms with van der Waals surface area (Å²) in [7, 11) is -3.67. The Kier molecular flexibility index (Phi) is 4.86. The van der Waals surface area contributed by atoms with E-state index in [2.05, 4.69) is 26.7 Å². The third-order valence-corrected chi connectivity index (χ3v) is 8.82. The van der Waals surface area contributed by atoms with Crippen molar-refractivity contribution in [3.63, 3.8) is 0 Å². The van der Waals surface area contributed by atoms with Crippen molar-refractivity contribution in [2.75, 3.05) is 13.1 Å². The van der Waals surface area contributed by atoms with E-state index in [0.717, 1.165) is 43.4 Å². The van der Waals surface area contributed by atoms with Crippen molar-refractivity contribution in [2.24, 2.45) is 5.41 Å². The first-order valence-electron chi connectivity index (χ1n) is 10.8. The molecule has 1 saturated heterocycles. The highest BCUT2D eigenvalue weighted by atomic mass is 32.2. The van der Waals surface area contributed by atoms with Crippen LogP contribution in [-0.2, 0) is 16.6 Å². The van der Waals surface area contributed by atoms with Crippen LogP contribution >= 0.6 is 0 Å². The molecule has 3 aromatic rings. The first-order valence-corrected chi connectivity index (χ1v) is 12.2. The first kappa shape index (κ1) is 19.6. The Balaban J connectivity index is 1.58. The molecule has 1 unspecified atom stereocenters. The second kappa shape index (κ2) is 7.42. The number of pyridine rings is 1. The van der Waals surface area contributed by atoms with Crippen molar-refractivity contribution in [3.05, 3.63) is 48.7 Å². The summed E-state index contributed by atoms with van der Waals surface area (Å²) >= 11 is 0. The van der Waals surface area contributed by atoms with Gasteiger partial charge >= 0.3 is 0 Å². The summed E-state index contributed by atoms with van der Waals surface area (Å²) in [6, 6.07) is 9.12. The molecule has 1 spiro atoms. The highest BCUT2D eigenvalue weighted by Crippen LogP contribution is 2.52. The topological polar surface area (TPSA) is 81.0 Å². The van der Waals surface area contributed by atoms with Crippen molar-refractivity contribution >= 4 is 20.9 Å². The van der Waals surface area contributed by atoms with E-state index in [0.29, 0.717) is 23.5 Å². The van der Waals surface area contributed by atoms with Gasteiger partial charge in [-0.25, -0.2) is 8.42 Å². The van der Waals surface area contributed by atoms with Crippen molar-refractivity contribution < 1.29 is 8.42 Å². The Morgan fingerprint density at radius 2 is 1.93 bits per heavy atom. The van der Waals surface area contributed by atoms with E-state index < -0.39 is 10.0 Å². The maximum atomic E-state index is 13.8. The minimum atomic E-state index is -3.67. The van der Waals surface area contributed by atoms with Gasteiger partial charge in [-0.05, 0) is 37.3 Å². The second-order valence-corrected chi connectivity index (χ2v) is 10.5. The molecule has 30 heavy (non-hydrogen) atoms. The molecule has 1 atom stereocenters. The Morgan fingerprint density at radius 3 is 2.73 bits per heavy atom. The summed E-state index contributed by atoms with van der Waals surface area (Å²) in [6.45, 7) is 3.85. The molecule has 0 N–H and O–H groups in total. The van der Waals surface area contributed by atoms with Crippen LogP contribution in [0, 0.1) is 5.41 Å². The third kappa shape index (κ3) is 3.04. The number of nitrogens with zero attached hydrogens (tertiary/aromatic N) is 5. The molecule has 2 fully saturated rings. The lowest BCUT2D eigenvalue weighted by molar-refractivity contribution is 0.176. The summed E-state index contributed by atoms with van der Waals surface area (Å²) in [5.41, 5.74) is 0.474. The molecule has 1 aliphatic heterocycles. The van der Waals surface area contributed by atoms with Gasteiger partial charge in [-0.1, -0.05) is 37.5 Å². The normalized spacial score (nSPS) is 22.1. The second-order valence-electron chi connectivity index (χ2n) is 8.58. The van der Waals surface area contributed by atoms with Crippen LogP contribution in [0.3, 0.4) is 0 Å². The zero-order valence-electron chi connectivity index (χ0n) is 17.2. The Bertz CT molecular complexity index is 1160. The van der Waals surface area contributed by atoms with Gasteiger partial charge in [-0.3, -0.25) is 4.98 Å². The van der Waals surface area contributed by atoms with Crippen LogP contribution in [0.15, 0.2) is 47.8 Å². The molecule has 0 bridgehead atoms. The van der Waals surface area contributed by atoms with Crippen LogP contribution in [0.4, 0.5) is 0 Å². The smallest absolute Gasteiger partial charge is 0.245 e. The molecular formula is C22H27N5O2S. The van der Waals surface area contributed by atoms with E-state index in [1.807, 2.05) is 18.2 Å². The Morgan fingerprint density at radius 1 is 1.13 bits per heavy atom. The minimum absolute atomic E-state index is 0.0662. The van der Waals surface area contributed by atoms with Gasteiger partial charge in [0.2, 0.25) is 10.0 Å². The number of aromatic nitrogens is 4. The van der Waals surface area contributed by atoms with E-state index in [-0.39, 0.29) is 11.3 Å². The fourth-order valence-electron chi connectivity index (χ4n) is 5.43. The minimum Gasteiger partial charge on any atom is -0.318 e. The lowest BCUT2D eigenvalue weighted by atomic mass is 9.67. The van der Waals surface area contributed by atoms with Crippen molar-refractivity contribution in [2.45, 2.75) is 56.4 Å². The summed E-state index contributed by atoms with van der Waals surface area (Å²) in [4.78, 5) is 4.68. The molecule has 158 valence electrons. The fourth-order valence-corrected chi connectivity index (χ4v) is 7.14. The van der Waals surface area contributed by atoms with Crippen LogP contribution in [-0.4, -0.2) is 45.6 Å². The fraction of sp³-hybridized carbons (Fsp3) is 0.500. The van der Waals surface area contributed by atoms with E-state index in [1.54, 1.807) is 29.0 Å². The van der Waals surface area contributed by atoms with Gasteiger partial charge in [0.1, 0.15) is 17.0 Å². The van der Waals surface area contributed by atoms with Crippen LogP contribution in [0.1, 0.15) is 50.8 Å². The number of fused-ring (bicyclic) bond motifs is 1. The van der Waals surface area contributed by atoms with Crippen LogP contribution in [0.25, 0.3) is 10.9 Å². The van der Waals surface area contributed by atoms with Crippen molar-refractivity contribution in [1.82, 2.24) is 24.1 Å². The average Bonchev–Trinajstić information content (AvgIpc) is 3.38. The van der Waals surface area contributed by atoms with E-state index >= 15 is 0 Å². The number of rotatable bonds is 4. The van der Waals surface area contributed by atoms with Gasteiger partial charge in [-0.2, -0.15) is 4.31 Å². The van der Waals surface area contributed by atoms with Crippen LogP contribution < -0.4 is 0 Å². The van der Waals surface area contributed by atoms with Gasteiger partial charge in [0, 0.05) is 37.1 Å². The maximum absolute atomic E-state index is 13.8. The summed E-state index contributed by atoms with van der Waals surface area (Å²) in [5, 5.41) is 9.41. The summed E-state index contributed by atoms with van der Waals surface area (Å²) in [5.74, 6) is 0.992. The molecule has 1 aliphatic carbocycles. The molecule has 2 aliphatic rings. The van der Waals surface area contributed by atoms with Crippen molar-refractivity contribution in [1.29, 1.82) is 0 Å². The van der Waals surface area contributed by atoms with Gasteiger partial charge < -0.3 is 4.57 Å². The van der Waals surface area contributed by atoms with Crippen molar-refractivity contribution in [3.8, 4) is 0 Å². The Labute approximate surface area is 177 Å². The molecule has 2 aromatic heterocycles. The molecule has 0 amide bonds.